The molecule has 0 unspecified atom stereocenters. The largest absolute Gasteiger partial charge is 0.341 e. The molecule has 7 heteroatoms. The molecule has 0 bridgehead atoms. The number of carbonyl (C=O) groups excluding carboxylic acids is 1. The first-order chi connectivity index (χ1) is 9.80. The van der Waals surface area contributed by atoms with Gasteiger partial charge in [-0.3, -0.25) is 4.79 Å². The van der Waals surface area contributed by atoms with E-state index in [1.165, 1.54) is 4.31 Å². The molecular formula is C14H27N3O3S. The normalized spacial score (nSPS) is 23.7. The Morgan fingerprint density at radius 3 is 2.29 bits per heavy atom. The number of nitrogens with zero attached hydrogens (tertiary/aromatic N) is 2. The molecule has 1 amide bonds. The van der Waals surface area contributed by atoms with E-state index in [9.17, 15) is 13.2 Å². The number of rotatable bonds is 4. The van der Waals surface area contributed by atoms with Crippen molar-refractivity contribution < 1.29 is 13.2 Å². The minimum atomic E-state index is -3.16. The number of nitrogens with two attached hydrogens (primary N) is 1. The van der Waals surface area contributed by atoms with Gasteiger partial charge in [0.2, 0.25) is 15.9 Å². The molecule has 21 heavy (non-hydrogen) atoms. The van der Waals surface area contributed by atoms with Gasteiger partial charge >= 0.3 is 0 Å². The SMILES string of the molecule is CCS(=O)(=O)N(C)C1CCN(C(=O)C2(N)CCCC2)CC1. The number of piperidine rings is 1. The van der Waals surface area contributed by atoms with Gasteiger partial charge in [0, 0.05) is 26.2 Å². The Morgan fingerprint density at radius 2 is 1.81 bits per heavy atom. The van der Waals surface area contributed by atoms with Gasteiger partial charge in [-0.15, -0.1) is 0 Å². The quantitative estimate of drug-likeness (QED) is 0.820. The second kappa shape index (κ2) is 6.22. The van der Waals surface area contributed by atoms with Crippen LogP contribution in [0.4, 0.5) is 0 Å². The van der Waals surface area contributed by atoms with Crippen molar-refractivity contribution in [2.24, 2.45) is 5.73 Å². The molecule has 122 valence electrons. The first-order valence-electron chi connectivity index (χ1n) is 7.84. The predicted octanol–water partition coefficient (Wildman–Crippen LogP) is 0.530. The summed E-state index contributed by atoms with van der Waals surface area (Å²) in [4.78, 5) is 14.3. The van der Waals surface area contributed by atoms with E-state index < -0.39 is 15.6 Å². The van der Waals surface area contributed by atoms with Crippen molar-refractivity contribution in [3.8, 4) is 0 Å². The monoisotopic (exact) mass is 317 g/mol. The lowest BCUT2D eigenvalue weighted by atomic mass is 9.95. The van der Waals surface area contributed by atoms with Gasteiger partial charge in [0.15, 0.2) is 0 Å². The number of amides is 1. The van der Waals surface area contributed by atoms with Gasteiger partial charge in [-0.2, -0.15) is 0 Å². The summed E-state index contributed by atoms with van der Waals surface area (Å²) in [6, 6.07) is -0.00342. The van der Waals surface area contributed by atoms with Crippen molar-refractivity contribution >= 4 is 15.9 Å². The summed E-state index contributed by atoms with van der Waals surface area (Å²) in [6.07, 6.45) is 4.98. The summed E-state index contributed by atoms with van der Waals surface area (Å²) in [6.45, 7) is 2.86. The van der Waals surface area contributed by atoms with Gasteiger partial charge in [0.25, 0.3) is 0 Å². The molecule has 2 fully saturated rings. The fourth-order valence-electron chi connectivity index (χ4n) is 3.40. The average molecular weight is 317 g/mol. The zero-order valence-corrected chi connectivity index (χ0v) is 13.9. The third-order valence-corrected chi connectivity index (χ3v) is 6.90. The van der Waals surface area contributed by atoms with Gasteiger partial charge in [-0.25, -0.2) is 12.7 Å². The van der Waals surface area contributed by atoms with Crippen LogP contribution in [-0.4, -0.2) is 61.0 Å². The topological polar surface area (TPSA) is 83.7 Å². The molecule has 1 saturated carbocycles. The second-order valence-electron chi connectivity index (χ2n) is 6.30. The summed E-state index contributed by atoms with van der Waals surface area (Å²) in [5.41, 5.74) is 5.55. The molecule has 6 nitrogen and oxygen atoms in total. The Labute approximate surface area is 127 Å². The number of likely N-dealkylation sites (tertiary alicyclic amines) is 1. The van der Waals surface area contributed by atoms with Crippen molar-refractivity contribution in [2.75, 3.05) is 25.9 Å². The highest BCUT2D eigenvalue weighted by Crippen LogP contribution is 2.30. The van der Waals surface area contributed by atoms with Crippen LogP contribution in [0.1, 0.15) is 45.4 Å². The van der Waals surface area contributed by atoms with Crippen molar-refractivity contribution in [1.29, 1.82) is 0 Å². The van der Waals surface area contributed by atoms with Crippen LogP contribution >= 0.6 is 0 Å². The molecule has 0 atom stereocenters. The van der Waals surface area contributed by atoms with Gasteiger partial charge in [0.05, 0.1) is 11.3 Å². The van der Waals surface area contributed by atoms with Crippen molar-refractivity contribution in [3.63, 3.8) is 0 Å². The average Bonchev–Trinajstić information content (AvgIpc) is 2.94. The molecule has 0 aromatic heterocycles. The van der Waals surface area contributed by atoms with Gasteiger partial charge in [-0.05, 0) is 32.6 Å². The van der Waals surface area contributed by atoms with Crippen LogP contribution < -0.4 is 5.73 Å². The van der Waals surface area contributed by atoms with Crippen LogP contribution in [0.15, 0.2) is 0 Å². The zero-order chi connectivity index (χ0) is 15.7. The molecule has 2 N–H and O–H groups in total. The van der Waals surface area contributed by atoms with Crippen molar-refractivity contribution in [1.82, 2.24) is 9.21 Å². The molecule has 0 aromatic carbocycles. The van der Waals surface area contributed by atoms with E-state index in [0.29, 0.717) is 25.9 Å². The van der Waals surface area contributed by atoms with Crippen LogP contribution in [0.2, 0.25) is 0 Å². The number of hydrogen-bond acceptors (Lipinski definition) is 4. The third kappa shape index (κ3) is 3.40. The summed E-state index contributed by atoms with van der Waals surface area (Å²) in [5.74, 6) is 0.175. The standard InChI is InChI=1S/C14H27N3O3S/c1-3-21(19,20)16(2)12-6-10-17(11-7-12)13(18)14(15)8-4-5-9-14/h12H,3-11,15H2,1-2H3. The van der Waals surface area contributed by atoms with E-state index in [4.69, 9.17) is 5.73 Å². The third-order valence-electron chi connectivity index (χ3n) is 4.99. The lowest BCUT2D eigenvalue weighted by Gasteiger charge is -2.39. The zero-order valence-electron chi connectivity index (χ0n) is 13.0. The number of sulfonamides is 1. The van der Waals surface area contributed by atoms with E-state index >= 15 is 0 Å². The van der Waals surface area contributed by atoms with E-state index in [-0.39, 0.29) is 17.7 Å². The summed E-state index contributed by atoms with van der Waals surface area (Å²) in [7, 11) is -1.52. The Balaban J connectivity index is 1.93. The smallest absolute Gasteiger partial charge is 0.242 e. The molecular weight excluding hydrogens is 290 g/mol. The van der Waals surface area contributed by atoms with Crippen LogP contribution in [0.3, 0.4) is 0 Å². The molecule has 2 aliphatic rings. The maximum Gasteiger partial charge on any atom is 0.242 e. The van der Waals surface area contributed by atoms with E-state index in [1.807, 2.05) is 4.90 Å². The van der Waals surface area contributed by atoms with E-state index in [1.54, 1.807) is 14.0 Å². The fourth-order valence-corrected chi connectivity index (χ4v) is 4.47. The first kappa shape index (κ1) is 16.7. The number of hydrogen-bond donors (Lipinski definition) is 1. The lowest BCUT2D eigenvalue weighted by Crippen LogP contribution is -2.57. The maximum atomic E-state index is 12.5. The highest BCUT2D eigenvalue weighted by atomic mass is 32.2. The van der Waals surface area contributed by atoms with E-state index in [0.717, 1.165) is 25.7 Å². The molecule has 0 radical (unpaired) electrons. The molecule has 1 aliphatic carbocycles. The minimum absolute atomic E-state index is 0.00342. The highest BCUT2D eigenvalue weighted by molar-refractivity contribution is 7.89. The van der Waals surface area contributed by atoms with Crippen LogP contribution in [0, 0.1) is 0 Å². The van der Waals surface area contributed by atoms with Crippen LogP contribution in [0.25, 0.3) is 0 Å². The molecule has 1 aliphatic heterocycles. The maximum absolute atomic E-state index is 12.5. The summed E-state index contributed by atoms with van der Waals surface area (Å²) in [5, 5.41) is 0. The fraction of sp³-hybridized carbons (Fsp3) is 0.929. The van der Waals surface area contributed by atoms with Gasteiger partial charge in [0.1, 0.15) is 0 Å². The van der Waals surface area contributed by atoms with Crippen LogP contribution in [-0.2, 0) is 14.8 Å². The van der Waals surface area contributed by atoms with Gasteiger partial charge < -0.3 is 10.6 Å². The molecule has 1 heterocycles. The van der Waals surface area contributed by atoms with E-state index in [2.05, 4.69) is 0 Å². The van der Waals surface area contributed by atoms with Crippen molar-refractivity contribution in [3.05, 3.63) is 0 Å². The number of carbonyl (C=O) groups is 1. The predicted molar refractivity (Wildman–Crippen MR) is 82.2 cm³/mol. The first-order valence-corrected chi connectivity index (χ1v) is 9.45. The Hall–Kier alpha value is -0.660. The molecule has 0 aromatic rings. The van der Waals surface area contributed by atoms with Crippen molar-refractivity contribution in [2.45, 2.75) is 57.0 Å². The highest BCUT2D eigenvalue weighted by Gasteiger charge is 2.41. The Bertz CT molecular complexity index is 478. The van der Waals surface area contributed by atoms with Gasteiger partial charge in [-0.1, -0.05) is 12.8 Å². The summed E-state index contributed by atoms with van der Waals surface area (Å²) < 4.78 is 25.3. The molecule has 1 saturated heterocycles. The molecule has 0 spiro atoms. The lowest BCUT2D eigenvalue weighted by molar-refractivity contribution is -0.138. The van der Waals surface area contributed by atoms with Crippen LogP contribution in [0.5, 0.6) is 0 Å². The molecule has 2 rings (SSSR count). The Morgan fingerprint density at radius 1 is 1.29 bits per heavy atom. The Kier molecular flexibility index (Phi) is 4.95. The minimum Gasteiger partial charge on any atom is -0.341 e. The second-order valence-corrected chi connectivity index (χ2v) is 8.62. The summed E-state index contributed by atoms with van der Waals surface area (Å²) >= 11 is 0.